The number of esters is 2. The maximum absolute atomic E-state index is 12.5. The molecule has 0 heterocycles. The number of ether oxygens (including phenoxy) is 4. The number of likely N-dealkylation sites (N-methyl/N-ethyl adjacent to an activating group) is 1. The average Bonchev–Trinajstić information content (AvgIpc) is 3.34. The van der Waals surface area contributed by atoms with Crippen LogP contribution in [0.5, 0.6) is 0 Å². The van der Waals surface area contributed by atoms with Crippen LogP contribution in [0.15, 0.2) is 35.2 Å². The van der Waals surface area contributed by atoms with Crippen LogP contribution in [-0.2, 0) is 100 Å². The molecule has 0 aliphatic heterocycles. The quantitative estimate of drug-likeness (QED) is 0.0242. The number of carbonyl (C=O) groups excluding carboxylic acids is 5. The van der Waals surface area contributed by atoms with Gasteiger partial charge >= 0.3 is 11.9 Å². The second-order valence-corrected chi connectivity index (χ2v) is 26.7. The van der Waals surface area contributed by atoms with E-state index in [2.05, 4.69) is 0 Å². The van der Waals surface area contributed by atoms with Crippen LogP contribution in [-0.4, -0.2) is 174 Å². The van der Waals surface area contributed by atoms with E-state index in [1.54, 1.807) is 32.2 Å². The molecular formula is C50H93NO21S4Si. The first-order valence-electron chi connectivity index (χ1n) is 26.2. The Morgan fingerprint density at radius 2 is 1.19 bits per heavy atom. The molecule has 0 saturated carbocycles. The van der Waals surface area contributed by atoms with Crippen LogP contribution in [0.25, 0.3) is 0 Å². The number of carbonyl (C=O) groups is 5. The standard InChI is InChI=1S/C21H39NO6S2Si.C15H26O8S.C12H22O7S.C2H6/c1-20(19-22(2)30(25,26)21-15-11-10-12-16-21)28-29(23,24)17-13-8-6-4-5-7-9-14-18-31-27-3;1-5-6-14(18)22-8-7-21-9-10-24(19,20)23-11-15(4,12(2)16)13(3)17;1-4-5-6-18-12(14)7-11(13)9-20(15,16)19-10(2)8-17-3;1-2/h10-12,15-16,20H,4-9,13-14,17-19,31H2,1-3H3;5-11H2,1-4H3;10H,4-9H2,1-3H3;1-2H3. The highest BCUT2D eigenvalue weighted by molar-refractivity contribution is 7.89. The fraction of sp³-hybridized carbons (Fsp3) is 0.780. The highest BCUT2D eigenvalue weighted by Gasteiger charge is 2.37. The van der Waals surface area contributed by atoms with E-state index in [4.69, 9.17) is 35.9 Å². The molecule has 0 aromatic heterocycles. The molecule has 0 aliphatic carbocycles. The molecule has 1 aromatic rings. The summed E-state index contributed by atoms with van der Waals surface area (Å²) in [6.45, 7) is 14.3. The first kappa shape index (κ1) is 78.1. The lowest BCUT2D eigenvalue weighted by Crippen LogP contribution is -2.39. The van der Waals surface area contributed by atoms with Crippen molar-refractivity contribution in [2.75, 3.05) is 84.7 Å². The number of benzene rings is 1. The Hall–Kier alpha value is -3.09. The number of methoxy groups -OCH3 is 1. The van der Waals surface area contributed by atoms with Crippen LogP contribution in [0.1, 0.15) is 146 Å². The molecule has 0 bridgehead atoms. The number of hydrogen-bond donors (Lipinski definition) is 0. The zero-order valence-corrected chi connectivity index (χ0v) is 52.6. The molecule has 452 valence electrons. The normalized spacial score (nSPS) is 12.8. The van der Waals surface area contributed by atoms with E-state index in [1.165, 1.54) is 85.7 Å². The highest BCUT2D eigenvalue weighted by atomic mass is 32.2. The Bertz CT molecular complexity index is 2220. The number of Topliss-reactive ketones (excluding diaryl/α,β-unsaturated/α-hetero) is 3. The van der Waals surface area contributed by atoms with Gasteiger partial charge in [0.2, 0.25) is 10.0 Å². The fourth-order valence-electron chi connectivity index (χ4n) is 6.13. The Kier molecular flexibility index (Phi) is 45.3. The first-order valence-corrected chi connectivity index (χ1v) is 33.9. The predicted molar refractivity (Wildman–Crippen MR) is 297 cm³/mol. The summed E-state index contributed by atoms with van der Waals surface area (Å²) in [5.74, 6) is -4.03. The van der Waals surface area contributed by atoms with Gasteiger partial charge in [-0.05, 0) is 72.1 Å². The van der Waals surface area contributed by atoms with E-state index in [0.29, 0.717) is 25.7 Å². The number of nitrogens with zero attached hydrogens (tertiary/aromatic N) is 1. The largest absolute Gasteiger partial charge is 0.465 e. The van der Waals surface area contributed by atoms with Crippen molar-refractivity contribution >= 4 is 79.4 Å². The molecule has 0 N–H and O–H groups in total. The Labute approximate surface area is 464 Å². The van der Waals surface area contributed by atoms with Crippen molar-refractivity contribution in [1.82, 2.24) is 4.31 Å². The summed E-state index contributed by atoms with van der Waals surface area (Å²) in [5, 5.41) is 0. The van der Waals surface area contributed by atoms with Crippen molar-refractivity contribution in [3.05, 3.63) is 30.3 Å². The Balaban J connectivity index is -0.00000108. The third-order valence-corrected chi connectivity index (χ3v) is 17.6. The van der Waals surface area contributed by atoms with Gasteiger partial charge in [-0.1, -0.05) is 97.3 Å². The van der Waals surface area contributed by atoms with Crippen molar-refractivity contribution < 1.29 is 93.6 Å². The molecule has 1 aromatic carbocycles. The monoisotopic (exact) mass is 1200 g/mol. The fourth-order valence-corrected chi connectivity index (χ4v) is 11.4. The number of ketones is 3. The van der Waals surface area contributed by atoms with E-state index in [0.717, 1.165) is 30.0 Å². The predicted octanol–water partition coefficient (Wildman–Crippen LogP) is 5.88. The van der Waals surface area contributed by atoms with Crippen LogP contribution in [0.2, 0.25) is 6.04 Å². The zero-order valence-electron chi connectivity index (χ0n) is 47.9. The maximum Gasteiger partial charge on any atom is 0.313 e. The molecule has 0 aliphatic rings. The minimum absolute atomic E-state index is 0.0336. The molecule has 77 heavy (non-hydrogen) atoms. The lowest BCUT2D eigenvalue weighted by molar-refractivity contribution is -0.146. The van der Waals surface area contributed by atoms with Crippen LogP contribution in [0.4, 0.5) is 0 Å². The van der Waals surface area contributed by atoms with E-state index in [9.17, 15) is 57.6 Å². The third kappa shape index (κ3) is 41.6. The van der Waals surface area contributed by atoms with Crippen molar-refractivity contribution in [3.63, 3.8) is 0 Å². The van der Waals surface area contributed by atoms with Crippen LogP contribution in [0, 0.1) is 5.41 Å². The summed E-state index contributed by atoms with van der Waals surface area (Å²) < 4.78 is 136. The van der Waals surface area contributed by atoms with Crippen LogP contribution >= 0.6 is 0 Å². The Morgan fingerprint density at radius 3 is 1.73 bits per heavy atom. The van der Waals surface area contributed by atoms with Crippen molar-refractivity contribution in [2.45, 2.75) is 169 Å². The van der Waals surface area contributed by atoms with E-state index in [-0.39, 0.29) is 66.0 Å². The molecule has 22 nitrogen and oxygen atoms in total. The minimum Gasteiger partial charge on any atom is -0.465 e. The maximum atomic E-state index is 12.5. The lowest BCUT2D eigenvalue weighted by Gasteiger charge is -2.22. The first-order chi connectivity index (χ1) is 36.0. The van der Waals surface area contributed by atoms with Gasteiger partial charge in [-0.25, -0.2) is 8.42 Å². The zero-order chi connectivity index (χ0) is 59.6. The molecule has 0 radical (unpaired) electrons. The molecule has 0 amide bonds. The van der Waals surface area contributed by atoms with Crippen molar-refractivity contribution in [3.8, 4) is 0 Å². The van der Waals surface area contributed by atoms with E-state index < -0.39 is 106 Å². The number of sulfonamides is 1. The SMILES string of the molecule is CC.CCCC(=O)OCCOCCS(=O)(=O)OCC(C)(C(C)=O)C(C)=O.CCCCOC(=O)CC(=O)CS(=O)(=O)OC(C)COC.CO[SiH2]CCCCCCCCCCS(=O)(=O)OC(C)CN(C)S(=O)(=O)c1ccccc1. The van der Waals surface area contributed by atoms with Gasteiger partial charge in [0.05, 0.1) is 61.6 Å². The molecule has 2 atom stereocenters. The van der Waals surface area contributed by atoms with Gasteiger partial charge in [-0.2, -0.15) is 29.6 Å². The Morgan fingerprint density at radius 1 is 0.649 bits per heavy atom. The average molecular weight is 1200 g/mol. The second kappa shape index (κ2) is 44.6. The second-order valence-electron chi connectivity index (χ2n) is 17.8. The number of rotatable bonds is 42. The van der Waals surface area contributed by atoms with Gasteiger partial charge in [-0.15, -0.1) is 0 Å². The van der Waals surface area contributed by atoms with Gasteiger partial charge in [-0.3, -0.25) is 36.5 Å². The molecule has 0 saturated heterocycles. The highest BCUT2D eigenvalue weighted by Crippen LogP contribution is 2.21. The van der Waals surface area contributed by atoms with Gasteiger partial charge < -0.3 is 23.4 Å². The summed E-state index contributed by atoms with van der Waals surface area (Å²) in [4.78, 5) is 56.9. The van der Waals surface area contributed by atoms with Crippen molar-refractivity contribution in [2.24, 2.45) is 5.41 Å². The van der Waals surface area contributed by atoms with Gasteiger partial charge in [0.1, 0.15) is 35.8 Å². The summed E-state index contributed by atoms with van der Waals surface area (Å²) in [5.41, 5.74) is -1.48. The summed E-state index contributed by atoms with van der Waals surface area (Å²) in [6.07, 6.45) is 9.08. The minimum atomic E-state index is -4.01. The van der Waals surface area contributed by atoms with E-state index in [1.807, 2.05) is 27.7 Å². The smallest absolute Gasteiger partial charge is 0.313 e. The molecular weight excluding hydrogens is 1110 g/mol. The topological polar surface area (TPSA) is 299 Å². The summed E-state index contributed by atoms with van der Waals surface area (Å²) in [6, 6.07) is 9.31. The van der Waals surface area contributed by atoms with Crippen LogP contribution in [0.3, 0.4) is 0 Å². The van der Waals surface area contributed by atoms with Gasteiger partial charge in [0.25, 0.3) is 30.4 Å². The van der Waals surface area contributed by atoms with Crippen molar-refractivity contribution in [1.29, 1.82) is 0 Å². The summed E-state index contributed by atoms with van der Waals surface area (Å²) in [7, 11) is -11.0. The molecule has 27 heteroatoms. The molecule has 2 unspecified atom stereocenters. The van der Waals surface area contributed by atoms with Crippen LogP contribution < -0.4 is 0 Å². The van der Waals surface area contributed by atoms with Gasteiger partial charge in [0, 0.05) is 34.2 Å². The summed E-state index contributed by atoms with van der Waals surface area (Å²) >= 11 is 0. The molecule has 0 fully saturated rings. The molecule has 0 spiro atoms. The molecule has 1 rings (SSSR count). The van der Waals surface area contributed by atoms with E-state index >= 15 is 0 Å². The number of unbranched alkanes of at least 4 members (excludes halogenated alkanes) is 8. The number of hydrogen-bond acceptors (Lipinski definition) is 21. The lowest BCUT2D eigenvalue weighted by atomic mass is 9.83. The third-order valence-electron chi connectivity index (χ3n) is 10.7. The van der Waals surface area contributed by atoms with Gasteiger partial charge in [0.15, 0.2) is 15.5 Å².